The number of aliphatic imine (C=N–C) groups is 1. The van der Waals surface area contributed by atoms with Gasteiger partial charge in [0.1, 0.15) is 6.04 Å². The Bertz CT molecular complexity index is 1000. The Labute approximate surface area is 186 Å². The highest BCUT2D eigenvalue weighted by molar-refractivity contribution is 6.39. The first-order valence-electron chi connectivity index (χ1n) is 10.7. The van der Waals surface area contributed by atoms with Gasteiger partial charge >= 0.3 is 6.03 Å². The van der Waals surface area contributed by atoms with E-state index in [9.17, 15) is 14.4 Å². The van der Waals surface area contributed by atoms with Crippen LogP contribution in [0.4, 0.5) is 16.2 Å². The van der Waals surface area contributed by atoms with E-state index in [1.54, 1.807) is 24.0 Å². The number of piperidine rings is 1. The van der Waals surface area contributed by atoms with Crippen LogP contribution in [0, 0.1) is 0 Å². The number of nitrogens with zero attached hydrogens (tertiary/aromatic N) is 3. The van der Waals surface area contributed by atoms with Gasteiger partial charge in [-0.2, -0.15) is 0 Å². The van der Waals surface area contributed by atoms with Crippen LogP contribution >= 0.6 is 0 Å². The van der Waals surface area contributed by atoms with Gasteiger partial charge in [-0.3, -0.25) is 15.0 Å². The van der Waals surface area contributed by atoms with Gasteiger partial charge in [0, 0.05) is 24.8 Å². The van der Waals surface area contributed by atoms with E-state index in [2.05, 4.69) is 21.1 Å². The molecular weight excluding hydrogens is 408 g/mol. The molecule has 2 aromatic rings. The number of hydrogen-bond donors (Lipinski definition) is 3. The van der Waals surface area contributed by atoms with Crippen LogP contribution in [-0.4, -0.2) is 53.8 Å². The first-order valence-corrected chi connectivity index (χ1v) is 10.7. The molecule has 1 fully saturated rings. The predicted molar refractivity (Wildman–Crippen MR) is 122 cm³/mol. The Hall–Kier alpha value is -3.88. The van der Waals surface area contributed by atoms with Crippen molar-refractivity contribution in [2.45, 2.75) is 31.8 Å². The van der Waals surface area contributed by atoms with Crippen molar-refractivity contribution in [3.63, 3.8) is 0 Å². The molecule has 1 atom stereocenters. The Morgan fingerprint density at radius 2 is 1.62 bits per heavy atom. The van der Waals surface area contributed by atoms with E-state index in [-0.39, 0.29) is 29.7 Å². The van der Waals surface area contributed by atoms with Crippen molar-refractivity contribution in [3.8, 4) is 0 Å². The number of amides is 4. The van der Waals surface area contributed by atoms with E-state index in [1.807, 2.05) is 48.5 Å². The summed E-state index contributed by atoms with van der Waals surface area (Å²) in [6.45, 7) is 2.74. The minimum atomic E-state index is -0.666. The number of hydrogen-bond acceptors (Lipinski definition) is 5. The third-order valence-corrected chi connectivity index (χ3v) is 5.49. The van der Waals surface area contributed by atoms with Gasteiger partial charge in [0.05, 0.1) is 5.69 Å². The second-order valence-electron chi connectivity index (χ2n) is 7.81. The lowest BCUT2D eigenvalue weighted by molar-refractivity contribution is -0.120. The lowest BCUT2D eigenvalue weighted by atomic mass is 10.1. The Morgan fingerprint density at radius 3 is 2.28 bits per heavy atom. The summed E-state index contributed by atoms with van der Waals surface area (Å²) in [6, 6.07) is 17.5. The van der Waals surface area contributed by atoms with Gasteiger partial charge in [0.15, 0.2) is 0 Å². The highest BCUT2D eigenvalue weighted by atomic mass is 16.2. The van der Waals surface area contributed by atoms with E-state index in [4.69, 9.17) is 0 Å². The fraction of sp³-hybridized carbons (Fsp3) is 0.304. The first kappa shape index (κ1) is 21.4. The topological polar surface area (TPSA) is 106 Å². The summed E-state index contributed by atoms with van der Waals surface area (Å²) in [7, 11) is 0. The van der Waals surface area contributed by atoms with Crippen LogP contribution < -0.4 is 21.1 Å². The SMILES string of the molecule is CC1N=C(C(=O)NC2CCN(C(=O)Nc3ccccc3)CC2)NN(c2ccccc2)C1=O. The highest BCUT2D eigenvalue weighted by Gasteiger charge is 2.32. The molecule has 4 rings (SSSR count). The number of carbonyl (C=O) groups excluding carboxylic acids is 3. The average Bonchev–Trinajstić information content (AvgIpc) is 2.82. The molecule has 0 aliphatic carbocycles. The molecule has 3 N–H and O–H groups in total. The summed E-state index contributed by atoms with van der Waals surface area (Å²) in [5.74, 6) is -0.492. The molecule has 9 nitrogen and oxygen atoms in total. The largest absolute Gasteiger partial charge is 0.346 e. The van der Waals surface area contributed by atoms with Crippen LogP contribution in [0.25, 0.3) is 0 Å². The number of likely N-dealkylation sites (tertiary alicyclic amines) is 1. The minimum Gasteiger partial charge on any atom is -0.346 e. The average molecular weight is 435 g/mol. The monoisotopic (exact) mass is 434 g/mol. The van der Waals surface area contributed by atoms with Crippen molar-refractivity contribution in [2.75, 3.05) is 23.4 Å². The number of benzene rings is 2. The third kappa shape index (κ3) is 4.88. The molecule has 0 radical (unpaired) electrons. The molecule has 2 aliphatic rings. The molecule has 0 saturated carbocycles. The van der Waals surface area contributed by atoms with Crippen LogP contribution in [0.3, 0.4) is 0 Å². The molecule has 1 saturated heterocycles. The van der Waals surface area contributed by atoms with Gasteiger partial charge in [-0.25, -0.2) is 14.8 Å². The second-order valence-corrected chi connectivity index (χ2v) is 7.81. The molecule has 0 aromatic heterocycles. The Morgan fingerprint density at radius 1 is 1.00 bits per heavy atom. The zero-order valence-electron chi connectivity index (χ0n) is 17.8. The maximum absolute atomic E-state index is 12.8. The Kier molecular flexibility index (Phi) is 6.34. The van der Waals surface area contributed by atoms with Crippen molar-refractivity contribution >= 4 is 35.1 Å². The lowest BCUT2D eigenvalue weighted by Crippen LogP contribution is -2.59. The quantitative estimate of drug-likeness (QED) is 0.685. The van der Waals surface area contributed by atoms with Crippen LogP contribution in [0.1, 0.15) is 19.8 Å². The molecular formula is C23H26N6O3. The molecule has 0 bridgehead atoms. The normalized spacial score (nSPS) is 19.1. The van der Waals surface area contributed by atoms with Crippen LogP contribution in [0.2, 0.25) is 0 Å². The Balaban J connectivity index is 1.31. The molecule has 2 aromatic carbocycles. The van der Waals surface area contributed by atoms with Gasteiger partial charge in [-0.1, -0.05) is 36.4 Å². The van der Waals surface area contributed by atoms with E-state index < -0.39 is 6.04 Å². The van der Waals surface area contributed by atoms with Crippen molar-refractivity contribution in [1.82, 2.24) is 15.6 Å². The van der Waals surface area contributed by atoms with E-state index in [0.717, 1.165) is 5.69 Å². The number of hydrazine groups is 1. The zero-order valence-corrected chi connectivity index (χ0v) is 17.8. The summed E-state index contributed by atoms with van der Waals surface area (Å²) in [6.07, 6.45) is 1.27. The van der Waals surface area contributed by atoms with Crippen LogP contribution in [-0.2, 0) is 9.59 Å². The molecule has 9 heteroatoms. The van der Waals surface area contributed by atoms with Gasteiger partial charge in [0.25, 0.3) is 11.8 Å². The lowest BCUT2D eigenvalue weighted by Gasteiger charge is -2.34. The molecule has 2 aliphatic heterocycles. The fourth-order valence-corrected chi connectivity index (χ4v) is 3.71. The summed E-state index contributed by atoms with van der Waals surface area (Å²) < 4.78 is 0. The number of carbonyl (C=O) groups is 3. The smallest absolute Gasteiger partial charge is 0.321 e. The molecule has 0 spiro atoms. The molecule has 2 heterocycles. The fourth-order valence-electron chi connectivity index (χ4n) is 3.71. The number of rotatable bonds is 4. The molecule has 1 unspecified atom stereocenters. The van der Waals surface area contributed by atoms with Gasteiger partial charge < -0.3 is 15.5 Å². The summed E-state index contributed by atoms with van der Waals surface area (Å²) in [5.41, 5.74) is 4.23. The van der Waals surface area contributed by atoms with Crippen molar-refractivity contribution in [1.29, 1.82) is 0 Å². The van der Waals surface area contributed by atoms with Gasteiger partial charge in [-0.15, -0.1) is 0 Å². The highest BCUT2D eigenvalue weighted by Crippen LogP contribution is 2.17. The van der Waals surface area contributed by atoms with Crippen molar-refractivity contribution < 1.29 is 14.4 Å². The maximum Gasteiger partial charge on any atom is 0.321 e. The summed E-state index contributed by atoms with van der Waals surface area (Å²) in [5, 5.41) is 7.21. The number of para-hydroxylation sites is 2. The molecule has 4 amide bonds. The van der Waals surface area contributed by atoms with Crippen LogP contribution in [0.5, 0.6) is 0 Å². The number of nitrogens with one attached hydrogen (secondary N) is 3. The van der Waals surface area contributed by atoms with E-state index in [0.29, 0.717) is 31.6 Å². The van der Waals surface area contributed by atoms with Gasteiger partial charge in [-0.05, 0) is 44.0 Å². The maximum atomic E-state index is 12.8. The second kappa shape index (κ2) is 9.51. The van der Waals surface area contributed by atoms with Crippen molar-refractivity contribution in [3.05, 3.63) is 60.7 Å². The summed E-state index contributed by atoms with van der Waals surface area (Å²) in [4.78, 5) is 43.7. The minimum absolute atomic E-state index is 0.0779. The van der Waals surface area contributed by atoms with Gasteiger partial charge in [0.2, 0.25) is 5.84 Å². The van der Waals surface area contributed by atoms with Crippen LogP contribution in [0.15, 0.2) is 65.7 Å². The number of amidine groups is 1. The molecule has 166 valence electrons. The first-order chi connectivity index (χ1) is 15.5. The van der Waals surface area contributed by atoms with Crippen molar-refractivity contribution in [2.24, 2.45) is 4.99 Å². The predicted octanol–water partition coefficient (Wildman–Crippen LogP) is 2.14. The standard InChI is InChI=1S/C23H26N6O3/c1-16-22(31)29(19-10-6-3-7-11-19)27-20(24-16)21(30)25-18-12-14-28(15-13-18)23(32)26-17-8-4-2-5-9-17/h2-11,16,18H,12-15H2,1H3,(H,24,27)(H,25,30)(H,26,32). The van der Waals surface area contributed by atoms with E-state index >= 15 is 0 Å². The summed E-state index contributed by atoms with van der Waals surface area (Å²) >= 11 is 0. The third-order valence-electron chi connectivity index (χ3n) is 5.49. The zero-order chi connectivity index (χ0) is 22.5. The molecule has 32 heavy (non-hydrogen) atoms. The number of anilines is 2. The number of urea groups is 1. The van der Waals surface area contributed by atoms with E-state index in [1.165, 1.54) is 5.01 Å².